The van der Waals surface area contributed by atoms with E-state index in [0.717, 1.165) is 0 Å². The summed E-state index contributed by atoms with van der Waals surface area (Å²) in [7, 11) is -3.92. The molecule has 0 radical (unpaired) electrons. The molecule has 0 spiro atoms. The van der Waals surface area contributed by atoms with E-state index in [0.29, 0.717) is 6.26 Å². The van der Waals surface area contributed by atoms with E-state index in [1.165, 1.54) is 57.1 Å². The summed E-state index contributed by atoms with van der Waals surface area (Å²) in [5.74, 6) is 0. The van der Waals surface area contributed by atoms with E-state index >= 15 is 0 Å². The van der Waals surface area contributed by atoms with Gasteiger partial charge < -0.3 is 4.55 Å². The third-order valence-corrected chi connectivity index (χ3v) is 2.98. The maximum Gasteiger partial charge on any atom is 0.171 e. The van der Waals surface area contributed by atoms with Crippen molar-refractivity contribution < 1.29 is 17.5 Å². The van der Waals surface area contributed by atoms with E-state index in [1.807, 2.05) is 0 Å². The monoisotopic (exact) mass is 315 g/mol. The molecule has 1 heterocycles. The van der Waals surface area contributed by atoms with Crippen LogP contribution in [0.5, 0.6) is 0 Å². The standard InChI is InChI=1S/C15H26N.CH4O3S/c1-3-5-6-7-8-12-16-13-9-11-15(14-16)10-4-2;1-5(2,3)4/h9,11,13-14H,3-8,10,12H2,1-2H3;1H3,(H,2,3,4)/q+1;/p-1. The summed E-state index contributed by atoms with van der Waals surface area (Å²) in [5, 5.41) is 0. The van der Waals surface area contributed by atoms with Gasteiger partial charge in [0.05, 0.1) is 10.1 Å². The number of hydrogen-bond acceptors (Lipinski definition) is 3. The molecule has 122 valence electrons. The minimum Gasteiger partial charge on any atom is -0.748 e. The second-order valence-electron chi connectivity index (χ2n) is 5.32. The van der Waals surface area contributed by atoms with Crippen molar-refractivity contribution in [2.45, 2.75) is 65.3 Å². The van der Waals surface area contributed by atoms with Crippen molar-refractivity contribution in [2.24, 2.45) is 0 Å². The fourth-order valence-corrected chi connectivity index (χ4v) is 2.05. The maximum atomic E-state index is 9.08. The van der Waals surface area contributed by atoms with Crippen LogP contribution in [-0.4, -0.2) is 19.2 Å². The van der Waals surface area contributed by atoms with Gasteiger partial charge in [-0.15, -0.1) is 0 Å². The van der Waals surface area contributed by atoms with Crippen LogP contribution in [0.15, 0.2) is 24.5 Å². The van der Waals surface area contributed by atoms with Crippen LogP contribution in [0.3, 0.4) is 0 Å². The first kappa shape index (κ1) is 20.1. The Balaban J connectivity index is 0.000000690. The Morgan fingerprint density at radius 3 is 2.29 bits per heavy atom. The highest BCUT2D eigenvalue weighted by Gasteiger charge is 2.01. The van der Waals surface area contributed by atoms with Crippen LogP contribution in [0, 0.1) is 0 Å². The van der Waals surface area contributed by atoms with Crippen LogP contribution in [0.4, 0.5) is 0 Å². The minimum atomic E-state index is -3.92. The molecule has 0 aliphatic carbocycles. The molecule has 1 aromatic rings. The van der Waals surface area contributed by atoms with Gasteiger partial charge in [-0.05, 0) is 18.9 Å². The van der Waals surface area contributed by atoms with Gasteiger partial charge in [-0.2, -0.15) is 0 Å². The van der Waals surface area contributed by atoms with E-state index < -0.39 is 10.1 Å². The molecule has 0 saturated carbocycles. The molecule has 1 aromatic heterocycles. The molecule has 0 aromatic carbocycles. The summed E-state index contributed by atoms with van der Waals surface area (Å²) >= 11 is 0. The highest BCUT2D eigenvalue weighted by Crippen LogP contribution is 2.03. The first-order valence-electron chi connectivity index (χ1n) is 7.75. The van der Waals surface area contributed by atoms with Crippen LogP contribution in [0.2, 0.25) is 0 Å². The Labute approximate surface area is 130 Å². The third kappa shape index (κ3) is 15.3. The second kappa shape index (κ2) is 11.7. The molecule has 0 N–H and O–H groups in total. The van der Waals surface area contributed by atoms with Gasteiger partial charge in [0, 0.05) is 24.3 Å². The summed E-state index contributed by atoms with van der Waals surface area (Å²) in [6.45, 7) is 5.69. The lowest BCUT2D eigenvalue weighted by Crippen LogP contribution is -2.33. The number of unbranched alkanes of at least 4 members (excludes halogenated alkanes) is 4. The summed E-state index contributed by atoms with van der Waals surface area (Å²) in [4.78, 5) is 0. The average molecular weight is 315 g/mol. The lowest BCUT2D eigenvalue weighted by atomic mass is 10.1. The average Bonchev–Trinajstić information content (AvgIpc) is 2.37. The van der Waals surface area contributed by atoms with Gasteiger partial charge in [-0.25, -0.2) is 13.0 Å². The Kier molecular flexibility index (Phi) is 11.2. The number of aryl methyl sites for hydroxylation is 2. The van der Waals surface area contributed by atoms with Gasteiger partial charge in [-0.1, -0.05) is 39.5 Å². The van der Waals surface area contributed by atoms with Gasteiger partial charge in [0.2, 0.25) is 0 Å². The van der Waals surface area contributed by atoms with Crippen LogP contribution in [0.25, 0.3) is 0 Å². The summed E-state index contributed by atoms with van der Waals surface area (Å²) < 4.78 is 29.6. The van der Waals surface area contributed by atoms with E-state index in [-0.39, 0.29) is 0 Å². The predicted octanol–water partition coefficient (Wildman–Crippen LogP) is 3.06. The van der Waals surface area contributed by atoms with Crippen molar-refractivity contribution in [2.75, 3.05) is 6.26 Å². The molecule has 0 amide bonds. The van der Waals surface area contributed by atoms with Crippen LogP contribution in [-0.2, 0) is 23.1 Å². The van der Waals surface area contributed by atoms with Crippen LogP contribution >= 0.6 is 0 Å². The zero-order valence-corrected chi connectivity index (χ0v) is 14.4. The minimum absolute atomic E-state index is 0.604. The largest absolute Gasteiger partial charge is 0.748 e. The molecule has 1 rings (SSSR count). The van der Waals surface area contributed by atoms with Gasteiger partial charge in [0.15, 0.2) is 12.4 Å². The topological polar surface area (TPSA) is 61.1 Å². The van der Waals surface area contributed by atoms with Crippen LogP contribution in [0.1, 0.15) is 57.9 Å². The van der Waals surface area contributed by atoms with Crippen molar-refractivity contribution >= 4 is 10.1 Å². The van der Waals surface area contributed by atoms with E-state index in [1.54, 1.807) is 0 Å². The Morgan fingerprint density at radius 1 is 1.10 bits per heavy atom. The fourth-order valence-electron chi connectivity index (χ4n) is 2.05. The lowest BCUT2D eigenvalue weighted by Gasteiger charge is -2.00. The fraction of sp³-hybridized carbons (Fsp3) is 0.688. The van der Waals surface area contributed by atoms with Crippen molar-refractivity contribution in [1.82, 2.24) is 0 Å². The summed E-state index contributed by atoms with van der Waals surface area (Å²) in [5.41, 5.74) is 1.47. The van der Waals surface area contributed by atoms with Crippen molar-refractivity contribution in [3.05, 3.63) is 30.1 Å². The molecule has 5 heteroatoms. The molecule has 21 heavy (non-hydrogen) atoms. The molecule has 0 aliphatic heterocycles. The zero-order chi connectivity index (χ0) is 16.1. The van der Waals surface area contributed by atoms with Gasteiger partial charge >= 0.3 is 0 Å². The SMILES string of the molecule is CCCCCCC[n+]1cccc(CCC)c1.CS(=O)(=O)[O-]. The lowest BCUT2D eigenvalue weighted by molar-refractivity contribution is -0.697. The second-order valence-corrected chi connectivity index (χ2v) is 6.73. The molecule has 0 saturated heterocycles. The zero-order valence-electron chi connectivity index (χ0n) is 13.5. The number of nitrogens with zero attached hydrogens (tertiary/aromatic N) is 1. The maximum absolute atomic E-state index is 9.08. The van der Waals surface area contributed by atoms with Gasteiger partial charge in [0.25, 0.3) is 0 Å². The molecule has 0 atom stereocenters. The van der Waals surface area contributed by atoms with E-state index in [2.05, 4.69) is 42.9 Å². The van der Waals surface area contributed by atoms with Crippen molar-refractivity contribution in [3.8, 4) is 0 Å². The first-order valence-corrected chi connectivity index (χ1v) is 9.57. The molecule has 0 fully saturated rings. The first-order chi connectivity index (χ1) is 9.86. The van der Waals surface area contributed by atoms with Crippen LogP contribution < -0.4 is 4.57 Å². The Bertz CT molecular complexity index is 464. The highest BCUT2D eigenvalue weighted by atomic mass is 32.2. The smallest absolute Gasteiger partial charge is 0.171 e. The van der Waals surface area contributed by atoms with Gasteiger partial charge in [0.1, 0.15) is 6.54 Å². The summed E-state index contributed by atoms with van der Waals surface area (Å²) in [6, 6.07) is 4.41. The Hall–Kier alpha value is -0.940. The van der Waals surface area contributed by atoms with Gasteiger partial charge in [-0.3, -0.25) is 0 Å². The number of pyridine rings is 1. The molecule has 4 nitrogen and oxygen atoms in total. The van der Waals surface area contributed by atoms with E-state index in [4.69, 9.17) is 13.0 Å². The quantitative estimate of drug-likeness (QED) is 0.421. The molecule has 0 unspecified atom stereocenters. The number of aromatic nitrogens is 1. The molecular formula is C16H29NO3S. The molecule has 0 aliphatic rings. The van der Waals surface area contributed by atoms with E-state index in [9.17, 15) is 0 Å². The number of rotatable bonds is 8. The number of hydrogen-bond donors (Lipinski definition) is 0. The Morgan fingerprint density at radius 2 is 1.71 bits per heavy atom. The summed E-state index contributed by atoms with van der Waals surface area (Å²) in [6.07, 6.45) is 14.4. The molecular weight excluding hydrogens is 286 g/mol. The molecule has 0 bridgehead atoms. The third-order valence-electron chi connectivity index (χ3n) is 2.98. The predicted molar refractivity (Wildman–Crippen MR) is 85.0 cm³/mol. The normalized spacial score (nSPS) is 10.9. The van der Waals surface area contributed by atoms with Crippen molar-refractivity contribution in [1.29, 1.82) is 0 Å². The van der Waals surface area contributed by atoms with Crippen molar-refractivity contribution in [3.63, 3.8) is 0 Å². The highest BCUT2D eigenvalue weighted by molar-refractivity contribution is 7.84.